The Hall–Kier alpha value is 0.293. The molecule has 0 spiro atoms. The van der Waals surface area contributed by atoms with Crippen molar-refractivity contribution in [2.24, 2.45) is 11.8 Å². The zero-order valence-electron chi connectivity index (χ0n) is 16.8. The van der Waals surface area contributed by atoms with E-state index in [1.807, 2.05) is 0 Å². The van der Waals surface area contributed by atoms with Crippen LogP contribution < -0.4 is 24.8 Å². The van der Waals surface area contributed by atoms with Gasteiger partial charge in [0.05, 0.1) is 0 Å². The molecule has 0 radical (unpaired) electrons. The number of halogens is 2. The van der Waals surface area contributed by atoms with Crippen LogP contribution in [0.4, 0.5) is 0 Å². The number of hydrogen-bond donors (Lipinski definition) is 0. The van der Waals surface area contributed by atoms with Gasteiger partial charge in [0, 0.05) is 0 Å². The molecule has 26 heavy (non-hydrogen) atoms. The molecule has 0 aromatic heterocycles. The van der Waals surface area contributed by atoms with E-state index in [9.17, 15) is 0 Å². The maximum atomic E-state index is 3.50. The van der Waals surface area contributed by atoms with E-state index in [-0.39, 0.29) is 24.8 Å². The van der Waals surface area contributed by atoms with Crippen LogP contribution in [-0.4, -0.2) is 4.21 Å². The van der Waals surface area contributed by atoms with Gasteiger partial charge in [0.2, 0.25) is 0 Å². The van der Waals surface area contributed by atoms with Crippen LogP contribution >= 0.6 is 0 Å². The third-order valence-corrected chi connectivity index (χ3v) is 5.84. The molecule has 0 aromatic carbocycles. The molecule has 4 rings (SSSR count). The van der Waals surface area contributed by atoms with Crippen LogP contribution in [0.5, 0.6) is 0 Å². The zero-order chi connectivity index (χ0) is 17.7. The van der Waals surface area contributed by atoms with Crippen molar-refractivity contribution < 1.29 is 49.0 Å². The number of allylic oxidation sites excluding steroid dienone is 8. The standard InChI is InChI=1S/2C11H15.CH2.2ClH.Zr/c2*1-8-7-9(2)11-6-4-3-5-10(8)11;;;;/h2*8H,3-6H2,1-2H3;1H2;2*1H;/q2*-1;;;;+2/p-2. The molecule has 4 aliphatic rings. The van der Waals surface area contributed by atoms with E-state index in [2.05, 4.69) is 44.1 Å². The van der Waals surface area contributed by atoms with E-state index in [4.69, 9.17) is 0 Å². The molecule has 0 nitrogen and oxygen atoms in total. The molecule has 0 aromatic rings. The molecule has 2 atom stereocenters. The summed E-state index contributed by atoms with van der Waals surface area (Å²) in [6.45, 7) is 8.97. The van der Waals surface area contributed by atoms with Crippen molar-refractivity contribution in [3.05, 3.63) is 45.6 Å². The quantitative estimate of drug-likeness (QED) is 0.452. The fourth-order valence-corrected chi connectivity index (χ4v) is 4.67. The van der Waals surface area contributed by atoms with Gasteiger partial charge in [-0.05, 0) is 12.8 Å². The monoisotopic (exact) mass is 468 g/mol. The van der Waals surface area contributed by atoms with Gasteiger partial charge in [-0.3, -0.25) is 12.2 Å². The second kappa shape index (κ2) is 12.7. The zero-order valence-corrected chi connectivity index (χ0v) is 20.7. The molecule has 0 aliphatic heterocycles. The SMILES string of the molecule is CC1=[C-]C(C)C2=C1CCCC2.CC1=[C-]C(C)C2=C1CCCC2.[CH2]=[Zr+2].[Cl-].[Cl-]. The molecule has 0 fully saturated rings. The second-order valence-electron chi connectivity index (χ2n) is 7.40. The Balaban J connectivity index is 0.000000410. The van der Waals surface area contributed by atoms with Gasteiger partial charge < -0.3 is 24.8 Å². The first-order chi connectivity index (χ1) is 11.6. The van der Waals surface area contributed by atoms with E-state index < -0.39 is 0 Å². The van der Waals surface area contributed by atoms with Crippen molar-refractivity contribution in [2.75, 3.05) is 0 Å². The van der Waals surface area contributed by atoms with E-state index in [1.54, 1.807) is 22.3 Å². The first-order valence-corrected chi connectivity index (χ1v) is 11.3. The molecule has 2 unspecified atom stereocenters. The molecular formula is C23H32Cl2Zr-2. The Kier molecular flexibility index (Phi) is 12.8. The predicted octanol–water partition coefficient (Wildman–Crippen LogP) is 0.486. The Bertz CT molecular complexity index is 543. The summed E-state index contributed by atoms with van der Waals surface area (Å²) in [7, 11) is 0. The van der Waals surface area contributed by atoms with E-state index in [0.29, 0.717) is 11.8 Å². The number of rotatable bonds is 0. The van der Waals surface area contributed by atoms with Crippen LogP contribution in [0.15, 0.2) is 33.4 Å². The first-order valence-electron chi connectivity index (χ1n) is 9.58. The molecule has 0 amide bonds. The Labute approximate surface area is 188 Å². The van der Waals surface area contributed by atoms with Gasteiger partial charge in [-0.1, -0.05) is 78.1 Å². The average Bonchev–Trinajstić information content (AvgIpc) is 3.07. The first kappa shape index (κ1) is 26.3. The van der Waals surface area contributed by atoms with Crippen molar-refractivity contribution in [1.82, 2.24) is 0 Å². The largest absolute Gasteiger partial charge is 1.00 e. The molecule has 144 valence electrons. The normalized spacial score (nSPS) is 25.9. The summed E-state index contributed by atoms with van der Waals surface area (Å²) in [6, 6.07) is 0. The summed E-state index contributed by atoms with van der Waals surface area (Å²) >= 11 is 1.30. The molecule has 0 N–H and O–H groups in total. The fourth-order valence-electron chi connectivity index (χ4n) is 4.67. The summed E-state index contributed by atoms with van der Waals surface area (Å²) < 4.78 is 3.34. The summed E-state index contributed by atoms with van der Waals surface area (Å²) in [5.41, 5.74) is 9.54. The van der Waals surface area contributed by atoms with Gasteiger partial charge in [0.15, 0.2) is 0 Å². The summed E-state index contributed by atoms with van der Waals surface area (Å²) in [6.07, 6.45) is 17.9. The molecule has 0 saturated carbocycles. The Morgan fingerprint density at radius 2 is 1.00 bits per heavy atom. The summed E-state index contributed by atoms with van der Waals surface area (Å²) in [5.74, 6) is 1.26. The topological polar surface area (TPSA) is 0 Å². The van der Waals surface area contributed by atoms with E-state index >= 15 is 0 Å². The van der Waals surface area contributed by atoms with Crippen LogP contribution in [0.2, 0.25) is 0 Å². The van der Waals surface area contributed by atoms with Crippen molar-refractivity contribution in [2.45, 2.75) is 79.1 Å². The van der Waals surface area contributed by atoms with Crippen LogP contribution in [0.25, 0.3) is 0 Å². The van der Waals surface area contributed by atoms with Crippen molar-refractivity contribution in [3.8, 4) is 0 Å². The number of hydrogen-bond acceptors (Lipinski definition) is 0. The van der Waals surface area contributed by atoms with Crippen LogP contribution in [0.3, 0.4) is 0 Å². The maximum Gasteiger partial charge on any atom is -1.00 e. The van der Waals surface area contributed by atoms with E-state index in [1.165, 1.54) is 86.7 Å². The minimum absolute atomic E-state index is 0. The molecule has 0 saturated heterocycles. The summed E-state index contributed by atoms with van der Waals surface area (Å²) in [4.78, 5) is 0. The van der Waals surface area contributed by atoms with Crippen molar-refractivity contribution in [3.63, 3.8) is 0 Å². The summed E-state index contributed by atoms with van der Waals surface area (Å²) in [5, 5.41) is 0. The third kappa shape index (κ3) is 6.15. The van der Waals surface area contributed by atoms with Crippen LogP contribution in [0, 0.1) is 24.0 Å². The Morgan fingerprint density at radius 1 is 0.692 bits per heavy atom. The van der Waals surface area contributed by atoms with Crippen molar-refractivity contribution >= 4 is 4.21 Å². The van der Waals surface area contributed by atoms with Crippen LogP contribution in [-0.2, 0) is 24.2 Å². The van der Waals surface area contributed by atoms with E-state index in [0.717, 1.165) is 0 Å². The maximum absolute atomic E-state index is 3.50. The fraction of sp³-hybridized carbons (Fsp3) is 0.609. The third-order valence-electron chi connectivity index (χ3n) is 5.84. The van der Waals surface area contributed by atoms with Crippen molar-refractivity contribution in [1.29, 1.82) is 0 Å². The molecular weight excluding hydrogens is 438 g/mol. The van der Waals surface area contributed by atoms with Gasteiger partial charge in [0.1, 0.15) is 0 Å². The molecule has 4 aliphatic carbocycles. The van der Waals surface area contributed by atoms with Gasteiger partial charge in [-0.15, -0.1) is 0 Å². The Morgan fingerprint density at radius 3 is 1.31 bits per heavy atom. The molecule has 3 heteroatoms. The average molecular weight is 471 g/mol. The van der Waals surface area contributed by atoms with Gasteiger partial charge in [0.25, 0.3) is 0 Å². The molecule has 0 bridgehead atoms. The smallest absolute Gasteiger partial charge is 1.00 e. The second-order valence-corrected chi connectivity index (χ2v) is 7.40. The van der Waals surface area contributed by atoms with Gasteiger partial charge in [-0.2, -0.15) is 22.3 Å². The minimum Gasteiger partial charge on any atom is -1.00 e. The molecule has 0 heterocycles. The minimum atomic E-state index is 0. The van der Waals surface area contributed by atoms with Gasteiger partial charge >= 0.3 is 28.4 Å². The van der Waals surface area contributed by atoms with Crippen LogP contribution in [0.1, 0.15) is 79.1 Å². The van der Waals surface area contributed by atoms with Gasteiger partial charge in [-0.25, -0.2) is 11.1 Å². The predicted molar refractivity (Wildman–Crippen MR) is 101 cm³/mol.